The van der Waals surface area contributed by atoms with Gasteiger partial charge in [0.1, 0.15) is 6.61 Å². The highest BCUT2D eigenvalue weighted by Crippen LogP contribution is 2.15. The smallest absolute Gasteiger partial charge is 0.338 e. The topological polar surface area (TPSA) is 29.5 Å². The summed E-state index contributed by atoms with van der Waals surface area (Å²) in [6, 6.07) is 39.4. The first-order chi connectivity index (χ1) is 23.4. The van der Waals surface area contributed by atoms with E-state index in [9.17, 15) is 4.79 Å². The number of hydrogen-bond donors (Lipinski definition) is 0. The van der Waals surface area contributed by atoms with Gasteiger partial charge in [0, 0.05) is 35.3 Å². The number of rotatable bonds is 7. The summed E-state index contributed by atoms with van der Waals surface area (Å²) in [5.74, 6) is 23.2. The molecule has 0 fully saturated rings. The highest BCUT2D eigenvalue weighted by molar-refractivity contribution is 5.90. The largest absolute Gasteiger partial charge is 0.457 e. The number of hydrogen-bond acceptors (Lipinski definition) is 3. The van der Waals surface area contributed by atoms with Crippen LogP contribution in [0.15, 0.2) is 121 Å². The Labute approximate surface area is 284 Å². The number of esters is 1. The van der Waals surface area contributed by atoms with Crippen molar-refractivity contribution in [3.05, 3.63) is 177 Å². The molecule has 3 heteroatoms. The maximum absolute atomic E-state index is 13.2. The van der Waals surface area contributed by atoms with Gasteiger partial charge < -0.3 is 4.74 Å². The molecule has 0 aliphatic carbocycles. The van der Waals surface area contributed by atoms with E-state index in [0.717, 1.165) is 29.8 Å². The van der Waals surface area contributed by atoms with Crippen molar-refractivity contribution in [2.45, 2.75) is 33.5 Å². The van der Waals surface area contributed by atoms with Crippen molar-refractivity contribution in [1.82, 2.24) is 4.90 Å². The summed E-state index contributed by atoms with van der Waals surface area (Å²) in [4.78, 5) is 15.5. The Balaban J connectivity index is 1.26. The number of benzene rings is 5. The maximum Gasteiger partial charge on any atom is 0.338 e. The van der Waals surface area contributed by atoms with Crippen LogP contribution in [0.2, 0.25) is 0 Å². The van der Waals surface area contributed by atoms with E-state index in [1.54, 1.807) is 12.1 Å². The predicted molar refractivity (Wildman–Crippen MR) is 193 cm³/mol. The van der Waals surface area contributed by atoms with Gasteiger partial charge in [-0.05, 0) is 104 Å². The fourth-order valence-electron chi connectivity index (χ4n) is 5.16. The third kappa shape index (κ3) is 10.7. The first-order valence-electron chi connectivity index (χ1n) is 15.7. The Bertz CT molecular complexity index is 2020. The fourth-order valence-corrected chi connectivity index (χ4v) is 5.16. The molecule has 0 atom stereocenters. The number of ether oxygens (including phenoxy) is 1. The van der Waals surface area contributed by atoms with Crippen molar-refractivity contribution in [1.29, 1.82) is 0 Å². The standard InChI is InChI=1S/C45H35NO2/c1-35-26-36(2)28-43(27-35)33-46(3)32-39-22-24-40(25-23-39)34-48-45(47)44-30-41(20-12-10-18-37-14-6-4-7-15-37)29-42(31-44)21-13-11-19-38-16-8-5-9-17-38/h4-9,14-17,22-31H,32-34H2,1-3H3. The van der Waals surface area contributed by atoms with Crippen LogP contribution in [0.4, 0.5) is 0 Å². The lowest BCUT2D eigenvalue weighted by atomic mass is 10.1. The minimum Gasteiger partial charge on any atom is -0.457 e. The van der Waals surface area contributed by atoms with Crippen LogP contribution in [0.5, 0.6) is 0 Å². The number of nitrogens with zero attached hydrogens (tertiary/aromatic N) is 1. The van der Waals surface area contributed by atoms with Crippen LogP contribution in [0.25, 0.3) is 0 Å². The molecule has 0 radical (unpaired) electrons. The van der Waals surface area contributed by atoms with Crippen molar-refractivity contribution in [3.8, 4) is 47.4 Å². The minimum absolute atomic E-state index is 0.152. The van der Waals surface area contributed by atoms with Crippen LogP contribution in [0, 0.1) is 61.2 Å². The molecule has 0 spiro atoms. The van der Waals surface area contributed by atoms with E-state index in [1.807, 2.05) is 78.9 Å². The highest BCUT2D eigenvalue weighted by Gasteiger charge is 2.11. The Morgan fingerprint density at radius 1 is 0.542 bits per heavy atom. The fraction of sp³-hybridized carbons (Fsp3) is 0.133. The van der Waals surface area contributed by atoms with Crippen LogP contribution >= 0.6 is 0 Å². The van der Waals surface area contributed by atoms with E-state index < -0.39 is 5.97 Å². The zero-order chi connectivity index (χ0) is 33.6. The monoisotopic (exact) mass is 621 g/mol. The molecule has 232 valence electrons. The van der Waals surface area contributed by atoms with Gasteiger partial charge >= 0.3 is 5.97 Å². The number of carbonyl (C=O) groups excluding carboxylic acids is 1. The normalized spacial score (nSPS) is 9.83. The first kappa shape index (κ1) is 33.1. The molecule has 3 nitrogen and oxygen atoms in total. The van der Waals surface area contributed by atoms with E-state index in [2.05, 4.69) is 103 Å². The molecule has 5 aromatic carbocycles. The van der Waals surface area contributed by atoms with Crippen molar-refractivity contribution in [2.24, 2.45) is 0 Å². The molecule has 48 heavy (non-hydrogen) atoms. The van der Waals surface area contributed by atoms with E-state index in [-0.39, 0.29) is 6.61 Å². The molecule has 0 amide bonds. The molecule has 0 aliphatic heterocycles. The molecule has 0 unspecified atom stereocenters. The van der Waals surface area contributed by atoms with Gasteiger partial charge in [-0.15, -0.1) is 0 Å². The van der Waals surface area contributed by atoms with Crippen molar-refractivity contribution in [2.75, 3.05) is 7.05 Å². The second-order valence-corrected chi connectivity index (χ2v) is 11.6. The van der Waals surface area contributed by atoms with Gasteiger partial charge in [-0.25, -0.2) is 4.79 Å². The van der Waals surface area contributed by atoms with Gasteiger partial charge in [-0.3, -0.25) is 4.90 Å². The van der Waals surface area contributed by atoms with Crippen molar-refractivity contribution in [3.63, 3.8) is 0 Å². The first-order valence-corrected chi connectivity index (χ1v) is 15.7. The SMILES string of the molecule is Cc1cc(C)cc(CN(C)Cc2ccc(COC(=O)c3cc(C#CC#Cc4ccccc4)cc(C#CC#Cc4ccccc4)c3)cc2)c1. The Kier molecular flexibility index (Phi) is 11.7. The van der Waals surface area contributed by atoms with Gasteiger partial charge in [0.2, 0.25) is 0 Å². The van der Waals surface area contributed by atoms with Crippen molar-refractivity contribution < 1.29 is 9.53 Å². The van der Waals surface area contributed by atoms with E-state index in [4.69, 9.17) is 4.74 Å². The lowest BCUT2D eigenvalue weighted by Crippen LogP contribution is -2.17. The van der Waals surface area contributed by atoms with Gasteiger partial charge in [0.25, 0.3) is 0 Å². The third-order valence-corrected chi connectivity index (χ3v) is 7.25. The quantitative estimate of drug-likeness (QED) is 0.136. The summed E-state index contributed by atoms with van der Waals surface area (Å²) >= 11 is 0. The Morgan fingerprint density at radius 3 is 1.52 bits per heavy atom. The van der Waals surface area contributed by atoms with Crippen LogP contribution in [-0.2, 0) is 24.4 Å². The molecule has 0 aliphatic rings. The average Bonchev–Trinajstić information content (AvgIpc) is 3.08. The van der Waals surface area contributed by atoms with E-state index in [1.165, 1.54) is 22.3 Å². The summed E-state index contributed by atoms with van der Waals surface area (Å²) in [6.07, 6.45) is 0. The Hall–Kier alpha value is -6.23. The molecule has 0 saturated heterocycles. The summed E-state index contributed by atoms with van der Waals surface area (Å²) in [5, 5.41) is 0. The van der Waals surface area contributed by atoms with E-state index in [0.29, 0.717) is 16.7 Å². The van der Waals surface area contributed by atoms with Gasteiger partial charge in [-0.1, -0.05) is 114 Å². The molecular formula is C45H35NO2. The second-order valence-electron chi connectivity index (χ2n) is 11.6. The van der Waals surface area contributed by atoms with Crippen molar-refractivity contribution >= 4 is 5.97 Å². The van der Waals surface area contributed by atoms with E-state index >= 15 is 0 Å². The van der Waals surface area contributed by atoms with Crippen LogP contribution < -0.4 is 0 Å². The predicted octanol–water partition coefficient (Wildman–Crippen LogP) is 8.10. The second kappa shape index (κ2) is 16.9. The molecule has 0 saturated carbocycles. The van der Waals surface area contributed by atoms with Crippen LogP contribution in [0.1, 0.15) is 60.4 Å². The average molecular weight is 622 g/mol. The molecule has 5 aromatic rings. The summed E-state index contributed by atoms with van der Waals surface area (Å²) in [5.41, 5.74) is 9.32. The van der Waals surface area contributed by atoms with Gasteiger partial charge in [-0.2, -0.15) is 0 Å². The number of carbonyl (C=O) groups is 1. The molecular weight excluding hydrogens is 587 g/mol. The third-order valence-electron chi connectivity index (χ3n) is 7.25. The van der Waals surface area contributed by atoms with Gasteiger partial charge in [0.15, 0.2) is 0 Å². The zero-order valence-electron chi connectivity index (χ0n) is 27.4. The minimum atomic E-state index is -0.454. The zero-order valence-corrected chi connectivity index (χ0v) is 27.4. The molecule has 0 bridgehead atoms. The Morgan fingerprint density at radius 2 is 1.00 bits per heavy atom. The summed E-state index contributed by atoms with van der Waals surface area (Å²) in [6.45, 7) is 6.10. The molecule has 5 rings (SSSR count). The lowest BCUT2D eigenvalue weighted by Gasteiger charge is -2.18. The summed E-state index contributed by atoms with van der Waals surface area (Å²) in [7, 11) is 2.12. The van der Waals surface area contributed by atoms with Crippen LogP contribution in [-0.4, -0.2) is 17.9 Å². The molecule has 0 heterocycles. The number of aryl methyl sites for hydroxylation is 2. The maximum atomic E-state index is 13.2. The van der Waals surface area contributed by atoms with Crippen LogP contribution in [0.3, 0.4) is 0 Å². The van der Waals surface area contributed by atoms with Gasteiger partial charge in [0.05, 0.1) is 5.56 Å². The molecule has 0 aromatic heterocycles. The molecule has 0 N–H and O–H groups in total. The lowest BCUT2D eigenvalue weighted by molar-refractivity contribution is 0.0472. The highest BCUT2D eigenvalue weighted by atomic mass is 16.5. The summed E-state index contributed by atoms with van der Waals surface area (Å²) < 4.78 is 5.71.